The molecule has 7 nitrogen and oxygen atoms in total. The highest BCUT2D eigenvalue weighted by molar-refractivity contribution is 5.87. The van der Waals surface area contributed by atoms with Crippen molar-refractivity contribution < 1.29 is 14.2 Å². The maximum Gasteiger partial charge on any atom is 0.256 e. The third-order valence-corrected chi connectivity index (χ3v) is 4.83. The number of hydrogen-bond donors (Lipinski definition) is 2. The highest BCUT2D eigenvalue weighted by atomic mass is 16.5. The SMILES string of the molecule is COc1ccc([C@@H]2C(C#N)=C(N)Oc3c2c(=O)[nH]c2ccccc32)cc1OC. The van der Waals surface area contributed by atoms with Crippen LogP contribution in [0.15, 0.2) is 58.7 Å². The van der Waals surface area contributed by atoms with Crippen LogP contribution in [-0.4, -0.2) is 19.2 Å². The fourth-order valence-corrected chi connectivity index (χ4v) is 3.54. The Kier molecular flexibility index (Phi) is 4.17. The van der Waals surface area contributed by atoms with Gasteiger partial charge in [0, 0.05) is 5.39 Å². The van der Waals surface area contributed by atoms with Crippen LogP contribution >= 0.6 is 0 Å². The molecule has 1 aliphatic heterocycles. The van der Waals surface area contributed by atoms with Gasteiger partial charge < -0.3 is 24.9 Å². The maximum absolute atomic E-state index is 12.9. The van der Waals surface area contributed by atoms with E-state index in [-0.39, 0.29) is 17.0 Å². The van der Waals surface area contributed by atoms with Crippen molar-refractivity contribution in [3.05, 3.63) is 75.4 Å². The second-order valence-electron chi connectivity index (χ2n) is 6.28. The van der Waals surface area contributed by atoms with Crippen LogP contribution in [0, 0.1) is 11.3 Å². The Labute approximate surface area is 160 Å². The number of aromatic amines is 1. The summed E-state index contributed by atoms with van der Waals surface area (Å²) >= 11 is 0. The molecule has 0 spiro atoms. The molecule has 2 heterocycles. The number of ether oxygens (including phenoxy) is 3. The van der Waals surface area contributed by atoms with E-state index >= 15 is 0 Å². The van der Waals surface area contributed by atoms with Gasteiger partial charge in [0.15, 0.2) is 11.5 Å². The van der Waals surface area contributed by atoms with Crippen LogP contribution < -0.4 is 25.5 Å². The minimum absolute atomic E-state index is 0.0227. The largest absolute Gasteiger partial charge is 0.493 e. The average Bonchev–Trinajstić information content (AvgIpc) is 2.72. The minimum Gasteiger partial charge on any atom is -0.493 e. The lowest BCUT2D eigenvalue weighted by Gasteiger charge is -2.27. The molecule has 0 radical (unpaired) electrons. The van der Waals surface area contributed by atoms with E-state index in [1.54, 1.807) is 24.3 Å². The lowest BCUT2D eigenvalue weighted by Crippen LogP contribution is -2.27. The van der Waals surface area contributed by atoms with Crippen molar-refractivity contribution in [1.29, 1.82) is 5.26 Å². The zero-order valence-electron chi connectivity index (χ0n) is 15.3. The Morgan fingerprint density at radius 1 is 1.14 bits per heavy atom. The third-order valence-electron chi connectivity index (χ3n) is 4.83. The molecule has 28 heavy (non-hydrogen) atoms. The molecule has 0 aliphatic carbocycles. The monoisotopic (exact) mass is 375 g/mol. The fraction of sp³-hybridized carbons (Fsp3) is 0.143. The number of para-hydroxylation sites is 1. The standard InChI is InChI=1S/C21H17N3O4/c1-26-15-8-7-11(9-16(15)27-2)17-13(10-22)20(23)28-19-12-5-3-4-6-14(12)24-21(25)18(17)19/h3-9,17H,23H2,1-2H3,(H,24,25)/t17-/m1/s1. The number of aromatic nitrogens is 1. The van der Waals surface area contributed by atoms with Gasteiger partial charge in [-0.25, -0.2) is 0 Å². The second kappa shape index (κ2) is 6.67. The number of nitrogens with one attached hydrogen (secondary N) is 1. The van der Waals surface area contributed by atoms with Crippen molar-refractivity contribution in [2.45, 2.75) is 5.92 Å². The van der Waals surface area contributed by atoms with Crippen LogP contribution in [0.25, 0.3) is 10.9 Å². The average molecular weight is 375 g/mol. The van der Waals surface area contributed by atoms with Gasteiger partial charge in [-0.2, -0.15) is 5.26 Å². The normalized spacial score (nSPS) is 15.5. The van der Waals surface area contributed by atoms with Gasteiger partial charge in [-0.05, 0) is 29.8 Å². The highest BCUT2D eigenvalue weighted by Gasteiger charge is 2.34. The van der Waals surface area contributed by atoms with Crippen LogP contribution in [-0.2, 0) is 0 Å². The summed E-state index contributed by atoms with van der Waals surface area (Å²) in [6.45, 7) is 0. The summed E-state index contributed by atoms with van der Waals surface area (Å²) in [6, 6.07) is 14.6. The molecule has 0 fully saturated rings. The number of allylic oxidation sites excluding steroid dienone is 1. The van der Waals surface area contributed by atoms with Crippen molar-refractivity contribution in [1.82, 2.24) is 4.98 Å². The molecule has 140 valence electrons. The molecule has 0 saturated carbocycles. The number of fused-ring (bicyclic) bond motifs is 3. The number of methoxy groups -OCH3 is 2. The number of benzene rings is 2. The summed E-state index contributed by atoms with van der Waals surface area (Å²) in [6.07, 6.45) is 0. The minimum atomic E-state index is -0.693. The van der Waals surface area contributed by atoms with Gasteiger partial charge in [0.25, 0.3) is 5.56 Å². The second-order valence-corrected chi connectivity index (χ2v) is 6.28. The summed E-state index contributed by atoms with van der Waals surface area (Å²) in [4.78, 5) is 15.8. The molecule has 7 heteroatoms. The first-order chi connectivity index (χ1) is 13.6. The Bertz CT molecular complexity index is 1220. The number of hydrogen-bond acceptors (Lipinski definition) is 6. The quantitative estimate of drug-likeness (QED) is 0.728. The molecule has 0 unspecified atom stereocenters. The van der Waals surface area contributed by atoms with Crippen molar-refractivity contribution in [3.8, 4) is 23.3 Å². The Morgan fingerprint density at radius 3 is 2.61 bits per heavy atom. The molecule has 0 amide bonds. The summed E-state index contributed by atoms with van der Waals surface area (Å²) in [5.41, 5.74) is 7.52. The van der Waals surface area contributed by atoms with Gasteiger partial charge in [-0.3, -0.25) is 4.79 Å². The predicted octanol–water partition coefficient (Wildman–Crippen LogP) is 2.76. The predicted molar refractivity (Wildman–Crippen MR) is 103 cm³/mol. The molecule has 1 aromatic heterocycles. The van der Waals surface area contributed by atoms with Crippen LogP contribution in [0.1, 0.15) is 17.0 Å². The number of nitriles is 1. The molecule has 1 atom stereocenters. The summed E-state index contributed by atoms with van der Waals surface area (Å²) in [5.74, 6) is 0.672. The Morgan fingerprint density at radius 2 is 1.89 bits per heavy atom. The molecule has 4 rings (SSSR count). The summed E-state index contributed by atoms with van der Waals surface area (Å²) in [5, 5.41) is 10.4. The molecular weight excluding hydrogens is 358 g/mol. The lowest BCUT2D eigenvalue weighted by molar-refractivity contribution is 0.354. The smallest absolute Gasteiger partial charge is 0.256 e. The van der Waals surface area contributed by atoms with Crippen LogP contribution in [0.3, 0.4) is 0 Å². The van der Waals surface area contributed by atoms with Gasteiger partial charge in [-0.15, -0.1) is 0 Å². The van der Waals surface area contributed by atoms with E-state index in [1.165, 1.54) is 14.2 Å². The van der Waals surface area contributed by atoms with E-state index in [4.69, 9.17) is 19.9 Å². The number of nitrogens with zero attached hydrogens (tertiary/aromatic N) is 1. The van der Waals surface area contributed by atoms with Crippen LogP contribution in [0.5, 0.6) is 17.2 Å². The van der Waals surface area contributed by atoms with E-state index in [1.807, 2.05) is 18.2 Å². The Hall–Kier alpha value is -3.92. The van der Waals surface area contributed by atoms with E-state index in [9.17, 15) is 10.1 Å². The molecular formula is C21H17N3O4. The van der Waals surface area contributed by atoms with Crippen LogP contribution in [0.2, 0.25) is 0 Å². The van der Waals surface area contributed by atoms with Crippen LogP contribution in [0.4, 0.5) is 0 Å². The molecule has 1 aliphatic rings. The van der Waals surface area contributed by atoms with Crippen molar-refractivity contribution >= 4 is 10.9 Å². The van der Waals surface area contributed by atoms with Crippen molar-refractivity contribution in [3.63, 3.8) is 0 Å². The van der Waals surface area contributed by atoms with E-state index in [0.717, 1.165) is 0 Å². The van der Waals surface area contributed by atoms with Gasteiger partial charge in [0.1, 0.15) is 17.4 Å². The lowest BCUT2D eigenvalue weighted by atomic mass is 9.83. The third kappa shape index (κ3) is 2.55. The number of nitrogens with two attached hydrogens (primary N) is 1. The van der Waals surface area contributed by atoms with Crippen molar-refractivity contribution in [2.24, 2.45) is 5.73 Å². The number of H-pyrrole nitrogens is 1. The van der Waals surface area contributed by atoms with Gasteiger partial charge >= 0.3 is 0 Å². The fourth-order valence-electron chi connectivity index (χ4n) is 3.54. The van der Waals surface area contributed by atoms with E-state index in [2.05, 4.69) is 11.1 Å². The number of pyridine rings is 1. The highest BCUT2D eigenvalue weighted by Crippen LogP contribution is 2.44. The molecule has 0 saturated heterocycles. The van der Waals surface area contributed by atoms with E-state index in [0.29, 0.717) is 39.3 Å². The molecule has 0 bridgehead atoms. The Balaban J connectivity index is 2.04. The maximum atomic E-state index is 12.9. The summed E-state index contributed by atoms with van der Waals surface area (Å²) in [7, 11) is 3.06. The first kappa shape index (κ1) is 17.5. The molecule has 3 aromatic rings. The first-order valence-electron chi connectivity index (χ1n) is 8.53. The van der Waals surface area contributed by atoms with E-state index < -0.39 is 5.92 Å². The zero-order chi connectivity index (χ0) is 19.8. The van der Waals surface area contributed by atoms with Gasteiger partial charge in [-0.1, -0.05) is 18.2 Å². The van der Waals surface area contributed by atoms with Gasteiger partial charge in [0.05, 0.1) is 31.2 Å². The van der Waals surface area contributed by atoms with Crippen molar-refractivity contribution in [2.75, 3.05) is 14.2 Å². The topological polar surface area (TPSA) is 110 Å². The zero-order valence-corrected chi connectivity index (χ0v) is 15.3. The summed E-state index contributed by atoms with van der Waals surface area (Å²) < 4.78 is 16.4. The van der Waals surface area contributed by atoms with Gasteiger partial charge in [0.2, 0.25) is 5.88 Å². The molecule has 3 N–H and O–H groups in total. The molecule has 2 aromatic carbocycles. The number of rotatable bonds is 3. The first-order valence-corrected chi connectivity index (χ1v) is 8.53.